The molecule has 1 unspecified atom stereocenters. The molecule has 0 fully saturated rings. The minimum Gasteiger partial charge on any atom is -0.378 e. The van der Waals surface area contributed by atoms with Gasteiger partial charge in [-0.3, -0.25) is 4.79 Å². The van der Waals surface area contributed by atoms with Crippen molar-refractivity contribution in [2.24, 2.45) is 16.6 Å². The molecule has 0 bridgehead atoms. The Hall–Kier alpha value is -0.410. The number of hydrogen-bond donors (Lipinski definition) is 1. The van der Waals surface area contributed by atoms with E-state index in [1.807, 2.05) is 27.7 Å². The highest BCUT2D eigenvalue weighted by Crippen LogP contribution is 2.38. The van der Waals surface area contributed by atoms with Gasteiger partial charge in [-0.15, -0.1) is 0 Å². The maximum absolute atomic E-state index is 11.7. The van der Waals surface area contributed by atoms with E-state index in [1.165, 1.54) is 0 Å². The van der Waals surface area contributed by atoms with Crippen molar-refractivity contribution in [3.8, 4) is 0 Å². The number of nitrogens with two attached hydrogens (primary N) is 1. The molecule has 0 saturated carbocycles. The Morgan fingerprint density at radius 3 is 2.05 bits per heavy atom. The SMILES string of the molecule is CC(=O)C(C)(C)CC(C)(C)CC(C)OCCC(C)(C)N. The molecular formula is C17H35NO2. The van der Waals surface area contributed by atoms with Crippen molar-refractivity contribution in [3.63, 3.8) is 0 Å². The van der Waals surface area contributed by atoms with Gasteiger partial charge >= 0.3 is 0 Å². The Balaban J connectivity index is 4.29. The number of carbonyl (C=O) groups excluding carboxylic acids is 1. The molecule has 0 radical (unpaired) electrons. The van der Waals surface area contributed by atoms with Gasteiger partial charge in [-0.1, -0.05) is 27.7 Å². The summed E-state index contributed by atoms with van der Waals surface area (Å²) in [6, 6.07) is 0. The van der Waals surface area contributed by atoms with Crippen molar-refractivity contribution in [1.82, 2.24) is 0 Å². The first kappa shape index (κ1) is 19.6. The molecule has 0 rings (SSSR count). The second-order valence-corrected chi connectivity index (χ2v) is 8.41. The highest BCUT2D eigenvalue weighted by Gasteiger charge is 2.33. The molecule has 120 valence electrons. The van der Waals surface area contributed by atoms with Crippen LogP contribution in [0.1, 0.15) is 74.7 Å². The first-order valence-corrected chi connectivity index (χ1v) is 7.67. The largest absolute Gasteiger partial charge is 0.378 e. The van der Waals surface area contributed by atoms with E-state index in [1.54, 1.807) is 6.92 Å². The zero-order chi connectivity index (χ0) is 16.2. The standard InChI is InChI=1S/C17H35NO2/c1-13(20-10-9-17(7,8)18)11-15(3,4)12-16(5,6)14(2)19/h13H,9-12,18H2,1-8H3. The Labute approximate surface area is 125 Å². The zero-order valence-corrected chi connectivity index (χ0v) is 14.8. The van der Waals surface area contributed by atoms with Crippen LogP contribution in [0.25, 0.3) is 0 Å². The average molecular weight is 285 g/mol. The van der Waals surface area contributed by atoms with Crippen LogP contribution >= 0.6 is 0 Å². The van der Waals surface area contributed by atoms with Crippen molar-refractivity contribution in [3.05, 3.63) is 0 Å². The normalized spacial score (nSPS) is 15.2. The van der Waals surface area contributed by atoms with E-state index in [-0.39, 0.29) is 28.3 Å². The van der Waals surface area contributed by atoms with Gasteiger partial charge in [0.15, 0.2) is 0 Å². The minimum atomic E-state index is -0.261. The summed E-state index contributed by atoms with van der Waals surface area (Å²) in [5, 5.41) is 0. The van der Waals surface area contributed by atoms with E-state index < -0.39 is 0 Å². The van der Waals surface area contributed by atoms with Crippen LogP contribution in [0, 0.1) is 10.8 Å². The summed E-state index contributed by atoms with van der Waals surface area (Å²) in [5.41, 5.74) is 5.60. The molecule has 3 heteroatoms. The van der Waals surface area contributed by atoms with Crippen LogP contribution in [-0.4, -0.2) is 24.0 Å². The van der Waals surface area contributed by atoms with Gasteiger partial charge in [0.2, 0.25) is 0 Å². The Bertz CT molecular complexity index is 313. The molecule has 0 aliphatic heterocycles. The van der Waals surface area contributed by atoms with Crippen molar-refractivity contribution in [1.29, 1.82) is 0 Å². The van der Waals surface area contributed by atoms with Gasteiger partial charge in [0.1, 0.15) is 5.78 Å². The molecular weight excluding hydrogens is 250 g/mol. The van der Waals surface area contributed by atoms with Crippen LogP contribution in [0.5, 0.6) is 0 Å². The highest BCUT2D eigenvalue weighted by molar-refractivity contribution is 5.81. The molecule has 2 N–H and O–H groups in total. The van der Waals surface area contributed by atoms with Crippen LogP contribution in [0.4, 0.5) is 0 Å². The smallest absolute Gasteiger partial charge is 0.135 e. The number of ether oxygens (including phenoxy) is 1. The first-order chi connectivity index (χ1) is 8.75. The second kappa shape index (κ2) is 7.04. The fourth-order valence-electron chi connectivity index (χ4n) is 2.75. The van der Waals surface area contributed by atoms with Crippen LogP contribution in [0.15, 0.2) is 0 Å². The first-order valence-electron chi connectivity index (χ1n) is 7.67. The van der Waals surface area contributed by atoms with Gasteiger partial charge in [-0.2, -0.15) is 0 Å². The number of hydrogen-bond acceptors (Lipinski definition) is 3. The van der Waals surface area contributed by atoms with Crippen LogP contribution in [0.3, 0.4) is 0 Å². The predicted molar refractivity (Wildman–Crippen MR) is 85.8 cm³/mol. The summed E-state index contributed by atoms with van der Waals surface area (Å²) in [5.74, 6) is 0.254. The lowest BCUT2D eigenvalue weighted by molar-refractivity contribution is -0.126. The third-order valence-electron chi connectivity index (χ3n) is 3.86. The third-order valence-corrected chi connectivity index (χ3v) is 3.86. The van der Waals surface area contributed by atoms with Gasteiger partial charge in [-0.25, -0.2) is 0 Å². The molecule has 3 nitrogen and oxygen atoms in total. The Morgan fingerprint density at radius 2 is 1.65 bits per heavy atom. The second-order valence-electron chi connectivity index (χ2n) is 8.41. The average Bonchev–Trinajstić information content (AvgIpc) is 2.11. The number of carbonyl (C=O) groups is 1. The van der Waals surface area contributed by atoms with Gasteiger partial charge in [0.25, 0.3) is 0 Å². The van der Waals surface area contributed by atoms with E-state index in [9.17, 15) is 4.79 Å². The third kappa shape index (κ3) is 8.70. The molecule has 0 aromatic carbocycles. The zero-order valence-electron chi connectivity index (χ0n) is 14.8. The summed E-state index contributed by atoms with van der Waals surface area (Å²) in [7, 11) is 0. The lowest BCUT2D eigenvalue weighted by atomic mass is 9.71. The van der Waals surface area contributed by atoms with Crippen LogP contribution < -0.4 is 5.73 Å². The summed E-state index contributed by atoms with van der Waals surface area (Å²) in [6.45, 7) is 17.0. The fraction of sp³-hybridized carbons (Fsp3) is 0.941. The molecule has 0 spiro atoms. The molecule has 1 atom stereocenters. The lowest BCUT2D eigenvalue weighted by Crippen LogP contribution is -2.34. The molecule has 0 aromatic heterocycles. The van der Waals surface area contributed by atoms with Crippen molar-refractivity contribution < 1.29 is 9.53 Å². The molecule has 0 heterocycles. The number of Topliss-reactive ketones (excluding diaryl/α,β-unsaturated/α-hetero) is 1. The Kier molecular flexibility index (Phi) is 6.89. The number of ketones is 1. The maximum atomic E-state index is 11.7. The molecule has 0 aromatic rings. The Morgan fingerprint density at radius 1 is 1.15 bits per heavy atom. The van der Waals surface area contributed by atoms with Gasteiger partial charge in [-0.05, 0) is 52.4 Å². The fourth-order valence-corrected chi connectivity index (χ4v) is 2.75. The number of rotatable bonds is 9. The monoisotopic (exact) mass is 285 g/mol. The lowest BCUT2D eigenvalue weighted by Gasteiger charge is -2.35. The minimum absolute atomic E-state index is 0.0901. The summed E-state index contributed by atoms with van der Waals surface area (Å²) >= 11 is 0. The van der Waals surface area contributed by atoms with E-state index >= 15 is 0 Å². The van der Waals surface area contributed by atoms with E-state index in [4.69, 9.17) is 10.5 Å². The summed E-state index contributed by atoms with van der Waals surface area (Å²) in [4.78, 5) is 11.7. The van der Waals surface area contributed by atoms with E-state index in [2.05, 4.69) is 20.8 Å². The van der Waals surface area contributed by atoms with Gasteiger partial charge < -0.3 is 10.5 Å². The van der Waals surface area contributed by atoms with E-state index in [0.717, 1.165) is 19.3 Å². The molecule has 20 heavy (non-hydrogen) atoms. The van der Waals surface area contributed by atoms with Crippen molar-refractivity contribution in [2.45, 2.75) is 86.3 Å². The summed E-state index contributed by atoms with van der Waals surface area (Å²) in [6.07, 6.45) is 2.88. The quantitative estimate of drug-likeness (QED) is 0.698. The highest BCUT2D eigenvalue weighted by atomic mass is 16.5. The maximum Gasteiger partial charge on any atom is 0.135 e. The molecule has 0 aliphatic rings. The molecule has 0 saturated heterocycles. The predicted octanol–water partition coefficient (Wildman–Crippen LogP) is 3.94. The summed E-state index contributed by atoms with van der Waals surface area (Å²) < 4.78 is 5.86. The molecule has 0 amide bonds. The van der Waals surface area contributed by atoms with Crippen molar-refractivity contribution in [2.75, 3.05) is 6.61 Å². The van der Waals surface area contributed by atoms with Crippen LogP contribution in [-0.2, 0) is 9.53 Å². The van der Waals surface area contributed by atoms with Gasteiger partial charge in [0, 0.05) is 17.6 Å². The van der Waals surface area contributed by atoms with E-state index in [0.29, 0.717) is 6.61 Å². The topological polar surface area (TPSA) is 52.3 Å². The van der Waals surface area contributed by atoms with Crippen LogP contribution in [0.2, 0.25) is 0 Å². The van der Waals surface area contributed by atoms with Gasteiger partial charge in [0.05, 0.1) is 6.10 Å². The van der Waals surface area contributed by atoms with Crippen molar-refractivity contribution >= 4 is 5.78 Å². The molecule has 0 aliphatic carbocycles.